The predicted octanol–water partition coefficient (Wildman–Crippen LogP) is 6.22. The van der Waals surface area contributed by atoms with Crippen LogP contribution in [0.15, 0.2) is 72.8 Å². The minimum absolute atomic E-state index is 0.0502. The van der Waals surface area contributed by atoms with Crippen LogP contribution in [0.1, 0.15) is 39.4 Å². The van der Waals surface area contributed by atoms with E-state index in [-0.39, 0.29) is 23.2 Å². The number of ether oxygens (including phenoxy) is 1. The topological polar surface area (TPSA) is 26.3 Å². The lowest BCUT2D eigenvalue weighted by Crippen LogP contribution is -2.04. The minimum Gasteiger partial charge on any atom is -0.457 e. The van der Waals surface area contributed by atoms with Gasteiger partial charge < -0.3 is 4.74 Å². The molecule has 0 amide bonds. The van der Waals surface area contributed by atoms with Crippen LogP contribution in [0.4, 0.5) is 13.2 Å². The zero-order valence-electron chi connectivity index (χ0n) is 14.2. The molecule has 1 atom stereocenters. The van der Waals surface area contributed by atoms with Crippen molar-refractivity contribution in [3.8, 4) is 11.5 Å². The van der Waals surface area contributed by atoms with E-state index < -0.39 is 11.7 Å². The summed E-state index contributed by atoms with van der Waals surface area (Å²) in [5, 5.41) is 0. The monoisotopic (exact) mass is 368 g/mol. The highest BCUT2D eigenvalue weighted by Gasteiger charge is 2.34. The summed E-state index contributed by atoms with van der Waals surface area (Å²) in [6.45, 7) is 0. The molecule has 2 nitrogen and oxygen atoms in total. The van der Waals surface area contributed by atoms with Crippen LogP contribution in [0.25, 0.3) is 0 Å². The number of carbonyl (C=O) groups excluding carboxylic acids is 1. The van der Waals surface area contributed by atoms with Crippen molar-refractivity contribution in [2.24, 2.45) is 0 Å². The molecule has 0 N–H and O–H groups in total. The number of fused-ring (bicyclic) bond motifs is 1. The van der Waals surface area contributed by atoms with Gasteiger partial charge in [0.25, 0.3) is 0 Å². The number of halogens is 3. The number of alkyl halides is 3. The Morgan fingerprint density at radius 3 is 2.37 bits per heavy atom. The van der Waals surface area contributed by atoms with E-state index in [1.807, 2.05) is 36.4 Å². The number of hydrogen-bond donors (Lipinski definition) is 0. The fraction of sp³-hybridized carbons (Fsp3) is 0.136. The molecule has 1 aliphatic rings. The predicted molar refractivity (Wildman–Crippen MR) is 95.2 cm³/mol. The molecule has 0 fully saturated rings. The number of rotatable bonds is 3. The molecule has 136 valence electrons. The summed E-state index contributed by atoms with van der Waals surface area (Å²) in [5.41, 5.74) is 1.53. The Labute approximate surface area is 154 Å². The summed E-state index contributed by atoms with van der Waals surface area (Å²) in [5.74, 6) is 0.199. The second-order valence-corrected chi connectivity index (χ2v) is 6.44. The molecule has 0 spiro atoms. The first-order valence-corrected chi connectivity index (χ1v) is 8.49. The van der Waals surface area contributed by atoms with Gasteiger partial charge in [-0.25, -0.2) is 0 Å². The first-order chi connectivity index (χ1) is 12.9. The quantitative estimate of drug-likeness (QED) is 0.549. The molecule has 4 rings (SSSR count). The van der Waals surface area contributed by atoms with Crippen LogP contribution < -0.4 is 4.74 Å². The molecule has 0 radical (unpaired) electrons. The molecular formula is C22H15F3O2. The van der Waals surface area contributed by atoms with Crippen LogP contribution in [0, 0.1) is 0 Å². The molecule has 0 aromatic heterocycles. The van der Waals surface area contributed by atoms with E-state index in [0.29, 0.717) is 12.0 Å². The molecule has 3 aromatic rings. The third kappa shape index (κ3) is 3.33. The van der Waals surface area contributed by atoms with Gasteiger partial charge in [-0.15, -0.1) is 0 Å². The Kier molecular flexibility index (Phi) is 4.22. The van der Waals surface area contributed by atoms with Crippen molar-refractivity contribution in [3.05, 3.63) is 95.1 Å². The molecule has 1 aliphatic carbocycles. The molecule has 5 heteroatoms. The summed E-state index contributed by atoms with van der Waals surface area (Å²) >= 11 is 0. The standard InChI is InChI=1S/C22H15F3O2/c23-22(24,25)15-8-4-9-16(12-15)27-20-11-5-10-17-18(13-19(26)21(17)20)14-6-2-1-3-7-14/h1-12,18H,13H2. The molecule has 27 heavy (non-hydrogen) atoms. The van der Waals surface area contributed by atoms with Gasteiger partial charge in [0.2, 0.25) is 0 Å². The smallest absolute Gasteiger partial charge is 0.416 e. The lowest BCUT2D eigenvalue weighted by Gasteiger charge is -2.14. The normalized spacial score (nSPS) is 16.3. The molecule has 0 bridgehead atoms. The number of carbonyl (C=O) groups is 1. The maximum atomic E-state index is 12.9. The van der Waals surface area contributed by atoms with E-state index in [1.165, 1.54) is 12.1 Å². The van der Waals surface area contributed by atoms with Crippen LogP contribution in [-0.4, -0.2) is 5.78 Å². The van der Waals surface area contributed by atoms with Gasteiger partial charge in [-0.1, -0.05) is 48.5 Å². The van der Waals surface area contributed by atoms with Crippen molar-refractivity contribution >= 4 is 5.78 Å². The molecule has 0 saturated heterocycles. The molecule has 3 aromatic carbocycles. The second kappa shape index (κ2) is 6.58. The summed E-state index contributed by atoms with van der Waals surface area (Å²) in [6.07, 6.45) is -4.13. The van der Waals surface area contributed by atoms with Crippen LogP contribution in [-0.2, 0) is 6.18 Å². The van der Waals surface area contributed by atoms with Gasteiger partial charge in [0.05, 0.1) is 11.1 Å². The third-order valence-electron chi connectivity index (χ3n) is 4.69. The van der Waals surface area contributed by atoms with E-state index in [2.05, 4.69) is 0 Å². The first kappa shape index (κ1) is 17.3. The van der Waals surface area contributed by atoms with Crippen molar-refractivity contribution in [2.75, 3.05) is 0 Å². The van der Waals surface area contributed by atoms with E-state index in [4.69, 9.17) is 4.74 Å². The van der Waals surface area contributed by atoms with Crippen molar-refractivity contribution in [1.29, 1.82) is 0 Å². The van der Waals surface area contributed by atoms with Gasteiger partial charge in [-0.05, 0) is 35.4 Å². The highest BCUT2D eigenvalue weighted by Crippen LogP contribution is 2.43. The average molecular weight is 368 g/mol. The van der Waals surface area contributed by atoms with Gasteiger partial charge in [0.15, 0.2) is 5.78 Å². The number of ketones is 1. The summed E-state index contributed by atoms with van der Waals surface area (Å²) < 4.78 is 44.4. The maximum absolute atomic E-state index is 12.9. The van der Waals surface area contributed by atoms with Crippen molar-refractivity contribution in [1.82, 2.24) is 0 Å². The Hall–Kier alpha value is -3.08. The molecule has 0 heterocycles. The van der Waals surface area contributed by atoms with Gasteiger partial charge in [0, 0.05) is 12.3 Å². The SMILES string of the molecule is O=C1CC(c2ccccc2)c2cccc(Oc3cccc(C(F)(F)F)c3)c21. The lowest BCUT2D eigenvalue weighted by molar-refractivity contribution is -0.137. The van der Waals surface area contributed by atoms with E-state index in [0.717, 1.165) is 23.3 Å². The number of Topliss-reactive ketones (excluding diaryl/α,β-unsaturated/α-hetero) is 1. The average Bonchev–Trinajstić information content (AvgIpc) is 3.00. The van der Waals surface area contributed by atoms with Gasteiger partial charge in [-0.3, -0.25) is 4.79 Å². The molecule has 0 saturated carbocycles. The van der Waals surface area contributed by atoms with Crippen LogP contribution in [0.3, 0.4) is 0 Å². The minimum atomic E-state index is -4.45. The van der Waals surface area contributed by atoms with E-state index >= 15 is 0 Å². The summed E-state index contributed by atoms with van der Waals surface area (Å²) in [6, 6.07) is 19.6. The van der Waals surface area contributed by atoms with Crippen LogP contribution in [0.2, 0.25) is 0 Å². The Balaban J connectivity index is 1.71. The zero-order valence-corrected chi connectivity index (χ0v) is 14.2. The fourth-order valence-corrected chi connectivity index (χ4v) is 3.46. The summed E-state index contributed by atoms with van der Waals surface area (Å²) in [7, 11) is 0. The summed E-state index contributed by atoms with van der Waals surface area (Å²) in [4.78, 5) is 12.6. The van der Waals surface area contributed by atoms with Crippen LogP contribution in [0.5, 0.6) is 11.5 Å². The van der Waals surface area contributed by atoms with Gasteiger partial charge >= 0.3 is 6.18 Å². The fourth-order valence-electron chi connectivity index (χ4n) is 3.46. The molecule has 1 unspecified atom stereocenters. The zero-order chi connectivity index (χ0) is 19.0. The van der Waals surface area contributed by atoms with E-state index in [9.17, 15) is 18.0 Å². The first-order valence-electron chi connectivity index (χ1n) is 8.49. The second-order valence-electron chi connectivity index (χ2n) is 6.44. The highest BCUT2D eigenvalue weighted by molar-refractivity contribution is 6.04. The van der Waals surface area contributed by atoms with Gasteiger partial charge in [-0.2, -0.15) is 13.2 Å². The van der Waals surface area contributed by atoms with Crippen molar-refractivity contribution < 1.29 is 22.7 Å². The van der Waals surface area contributed by atoms with E-state index in [1.54, 1.807) is 12.1 Å². The molecule has 0 aliphatic heterocycles. The number of benzene rings is 3. The molecular weight excluding hydrogens is 353 g/mol. The van der Waals surface area contributed by atoms with Crippen molar-refractivity contribution in [3.63, 3.8) is 0 Å². The lowest BCUT2D eigenvalue weighted by atomic mass is 9.93. The maximum Gasteiger partial charge on any atom is 0.416 e. The van der Waals surface area contributed by atoms with Gasteiger partial charge in [0.1, 0.15) is 11.5 Å². The van der Waals surface area contributed by atoms with Crippen molar-refractivity contribution in [2.45, 2.75) is 18.5 Å². The largest absolute Gasteiger partial charge is 0.457 e. The Morgan fingerprint density at radius 1 is 0.889 bits per heavy atom. The Morgan fingerprint density at radius 2 is 1.63 bits per heavy atom. The highest BCUT2D eigenvalue weighted by atomic mass is 19.4. The third-order valence-corrected chi connectivity index (χ3v) is 4.69. The van der Waals surface area contributed by atoms with Crippen LogP contribution >= 0.6 is 0 Å². The number of hydrogen-bond acceptors (Lipinski definition) is 2. The Bertz CT molecular complexity index is 994.